The SMILES string of the molecule is CN(Cc1cccc(Cl)c1Cl)C(=O)c1cccc(Nc2ncccn2)c1. The Morgan fingerprint density at radius 1 is 1.08 bits per heavy atom. The Morgan fingerprint density at radius 2 is 1.81 bits per heavy atom. The third-order valence-corrected chi connectivity index (χ3v) is 4.58. The standard InChI is InChI=1S/C19H16Cl2N4O/c1-25(12-14-6-3-8-16(20)17(14)21)18(26)13-5-2-7-15(11-13)24-19-22-9-4-10-23-19/h2-11H,12H2,1H3,(H,22,23,24). The van der Waals surface area contributed by atoms with Gasteiger partial charge in [0.1, 0.15) is 0 Å². The minimum atomic E-state index is -0.126. The average molecular weight is 387 g/mol. The van der Waals surface area contributed by atoms with Gasteiger partial charge in [-0.15, -0.1) is 0 Å². The van der Waals surface area contributed by atoms with E-state index < -0.39 is 0 Å². The van der Waals surface area contributed by atoms with E-state index in [1.54, 1.807) is 54.7 Å². The molecule has 7 heteroatoms. The topological polar surface area (TPSA) is 58.1 Å². The molecule has 0 aliphatic carbocycles. The molecule has 0 aliphatic rings. The van der Waals surface area contributed by atoms with Crippen molar-refractivity contribution in [1.29, 1.82) is 0 Å². The number of hydrogen-bond acceptors (Lipinski definition) is 4. The van der Waals surface area contributed by atoms with Crippen LogP contribution < -0.4 is 5.32 Å². The van der Waals surface area contributed by atoms with Crippen LogP contribution in [0.15, 0.2) is 60.9 Å². The summed E-state index contributed by atoms with van der Waals surface area (Å²) in [5.74, 6) is 0.342. The lowest BCUT2D eigenvalue weighted by molar-refractivity contribution is 0.0785. The van der Waals surface area contributed by atoms with Gasteiger partial charge >= 0.3 is 0 Å². The Hall–Kier alpha value is -2.63. The number of carbonyl (C=O) groups excluding carboxylic acids is 1. The summed E-state index contributed by atoms with van der Waals surface area (Å²) < 4.78 is 0. The van der Waals surface area contributed by atoms with Gasteiger partial charge in [-0.25, -0.2) is 9.97 Å². The largest absolute Gasteiger partial charge is 0.337 e. The number of anilines is 2. The molecule has 0 unspecified atom stereocenters. The highest BCUT2D eigenvalue weighted by molar-refractivity contribution is 6.42. The van der Waals surface area contributed by atoms with E-state index in [2.05, 4.69) is 15.3 Å². The van der Waals surface area contributed by atoms with Crippen LogP contribution in [0.3, 0.4) is 0 Å². The van der Waals surface area contributed by atoms with Crippen molar-refractivity contribution in [3.8, 4) is 0 Å². The minimum Gasteiger partial charge on any atom is -0.337 e. The number of benzene rings is 2. The van der Waals surface area contributed by atoms with Crippen LogP contribution in [0.2, 0.25) is 10.0 Å². The lowest BCUT2D eigenvalue weighted by Gasteiger charge is -2.19. The van der Waals surface area contributed by atoms with Crippen LogP contribution in [0.4, 0.5) is 11.6 Å². The predicted octanol–water partition coefficient (Wildman–Crippen LogP) is 4.80. The van der Waals surface area contributed by atoms with Crippen molar-refractivity contribution >= 4 is 40.7 Å². The first kappa shape index (κ1) is 18.2. The van der Waals surface area contributed by atoms with Crippen LogP contribution in [-0.2, 0) is 6.54 Å². The lowest BCUT2D eigenvalue weighted by Crippen LogP contribution is -2.26. The van der Waals surface area contributed by atoms with E-state index in [1.165, 1.54) is 0 Å². The molecule has 3 aromatic rings. The fraction of sp³-hybridized carbons (Fsp3) is 0.105. The Bertz CT molecular complexity index is 918. The molecule has 1 N–H and O–H groups in total. The van der Waals surface area contributed by atoms with Crippen LogP contribution in [-0.4, -0.2) is 27.8 Å². The molecule has 0 bridgehead atoms. The summed E-state index contributed by atoms with van der Waals surface area (Å²) in [4.78, 5) is 22.6. The van der Waals surface area contributed by atoms with Gasteiger partial charge in [0.2, 0.25) is 5.95 Å². The van der Waals surface area contributed by atoms with Crippen LogP contribution in [0.1, 0.15) is 15.9 Å². The Kier molecular flexibility index (Phi) is 5.71. The molecule has 3 rings (SSSR count). The fourth-order valence-electron chi connectivity index (χ4n) is 2.44. The molecule has 0 spiro atoms. The number of aromatic nitrogens is 2. The number of amides is 1. The first-order valence-corrected chi connectivity index (χ1v) is 8.62. The molecule has 0 radical (unpaired) electrons. The average Bonchev–Trinajstić information content (AvgIpc) is 2.66. The third kappa shape index (κ3) is 4.31. The summed E-state index contributed by atoms with van der Waals surface area (Å²) in [5.41, 5.74) is 2.07. The van der Waals surface area contributed by atoms with Gasteiger partial charge in [-0.3, -0.25) is 4.79 Å². The van der Waals surface area contributed by atoms with Crippen molar-refractivity contribution < 1.29 is 4.79 Å². The highest BCUT2D eigenvalue weighted by Crippen LogP contribution is 2.26. The van der Waals surface area contributed by atoms with E-state index in [4.69, 9.17) is 23.2 Å². The zero-order chi connectivity index (χ0) is 18.5. The van der Waals surface area contributed by atoms with Gasteiger partial charge in [-0.1, -0.05) is 41.4 Å². The normalized spacial score (nSPS) is 10.4. The first-order chi connectivity index (χ1) is 12.5. The van der Waals surface area contributed by atoms with Crippen molar-refractivity contribution in [2.75, 3.05) is 12.4 Å². The fourth-order valence-corrected chi connectivity index (χ4v) is 2.82. The molecule has 132 valence electrons. The maximum Gasteiger partial charge on any atom is 0.253 e. The summed E-state index contributed by atoms with van der Waals surface area (Å²) >= 11 is 12.2. The van der Waals surface area contributed by atoms with Crippen LogP contribution in [0.25, 0.3) is 0 Å². The number of carbonyl (C=O) groups is 1. The molecule has 1 amide bonds. The van der Waals surface area contributed by atoms with Crippen molar-refractivity contribution in [3.63, 3.8) is 0 Å². The van der Waals surface area contributed by atoms with Gasteiger partial charge in [0.05, 0.1) is 10.0 Å². The molecule has 0 saturated carbocycles. The number of nitrogens with one attached hydrogen (secondary N) is 1. The van der Waals surface area contributed by atoms with E-state index in [-0.39, 0.29) is 5.91 Å². The highest BCUT2D eigenvalue weighted by atomic mass is 35.5. The molecular formula is C19H16Cl2N4O. The number of nitrogens with zero attached hydrogens (tertiary/aromatic N) is 3. The molecule has 1 heterocycles. The minimum absolute atomic E-state index is 0.126. The quantitative estimate of drug-likeness (QED) is 0.683. The predicted molar refractivity (Wildman–Crippen MR) is 104 cm³/mol. The molecule has 26 heavy (non-hydrogen) atoms. The second-order valence-corrected chi connectivity index (χ2v) is 6.44. The molecule has 1 aromatic heterocycles. The Morgan fingerprint density at radius 3 is 2.58 bits per heavy atom. The second-order valence-electron chi connectivity index (χ2n) is 5.65. The highest BCUT2D eigenvalue weighted by Gasteiger charge is 2.15. The van der Waals surface area contributed by atoms with Crippen LogP contribution >= 0.6 is 23.2 Å². The van der Waals surface area contributed by atoms with Crippen molar-refractivity contribution in [2.24, 2.45) is 0 Å². The summed E-state index contributed by atoms with van der Waals surface area (Å²) in [6, 6.07) is 14.3. The molecule has 0 aliphatic heterocycles. The van der Waals surface area contributed by atoms with Crippen molar-refractivity contribution in [3.05, 3.63) is 82.1 Å². The van der Waals surface area contributed by atoms with Gasteiger partial charge in [0.15, 0.2) is 0 Å². The molecule has 0 fully saturated rings. The molecule has 2 aromatic carbocycles. The lowest BCUT2D eigenvalue weighted by atomic mass is 10.1. The zero-order valence-corrected chi connectivity index (χ0v) is 15.5. The second kappa shape index (κ2) is 8.17. The molecular weight excluding hydrogens is 371 g/mol. The number of hydrogen-bond donors (Lipinski definition) is 1. The van der Waals surface area contributed by atoms with Gasteiger partial charge in [0.25, 0.3) is 5.91 Å². The van der Waals surface area contributed by atoms with Crippen LogP contribution in [0, 0.1) is 0 Å². The van der Waals surface area contributed by atoms with E-state index in [9.17, 15) is 4.79 Å². The zero-order valence-electron chi connectivity index (χ0n) is 14.0. The van der Waals surface area contributed by atoms with E-state index >= 15 is 0 Å². The van der Waals surface area contributed by atoms with Gasteiger partial charge in [0, 0.05) is 37.2 Å². The van der Waals surface area contributed by atoms with E-state index in [0.29, 0.717) is 28.1 Å². The maximum absolute atomic E-state index is 12.7. The molecule has 0 atom stereocenters. The smallest absolute Gasteiger partial charge is 0.253 e. The Labute approximate surface area is 161 Å². The van der Waals surface area contributed by atoms with Crippen LogP contribution in [0.5, 0.6) is 0 Å². The summed E-state index contributed by atoms with van der Waals surface area (Å²) in [5, 5.41) is 4.01. The summed E-state index contributed by atoms with van der Waals surface area (Å²) in [6.07, 6.45) is 3.29. The van der Waals surface area contributed by atoms with Gasteiger partial charge in [-0.2, -0.15) is 0 Å². The summed E-state index contributed by atoms with van der Waals surface area (Å²) in [7, 11) is 1.72. The Balaban J connectivity index is 1.75. The van der Waals surface area contributed by atoms with Crippen molar-refractivity contribution in [1.82, 2.24) is 14.9 Å². The van der Waals surface area contributed by atoms with Gasteiger partial charge < -0.3 is 10.2 Å². The van der Waals surface area contributed by atoms with E-state index in [0.717, 1.165) is 11.3 Å². The molecule has 0 saturated heterocycles. The maximum atomic E-state index is 12.7. The van der Waals surface area contributed by atoms with Crippen molar-refractivity contribution in [2.45, 2.75) is 6.54 Å². The monoisotopic (exact) mass is 386 g/mol. The van der Waals surface area contributed by atoms with Gasteiger partial charge in [-0.05, 0) is 35.9 Å². The number of rotatable bonds is 5. The number of halogens is 2. The first-order valence-electron chi connectivity index (χ1n) is 7.87. The van der Waals surface area contributed by atoms with E-state index in [1.807, 2.05) is 18.2 Å². The third-order valence-electron chi connectivity index (χ3n) is 3.72. The summed E-state index contributed by atoms with van der Waals surface area (Å²) in [6.45, 7) is 0.359. The molecule has 5 nitrogen and oxygen atoms in total.